The zero-order chi connectivity index (χ0) is 11.6. The summed E-state index contributed by atoms with van der Waals surface area (Å²) in [4.78, 5) is 10.5. The number of hydrogen-bond donors (Lipinski definition) is 2. The molecule has 4 nitrogen and oxygen atoms in total. The minimum Gasteiger partial charge on any atom is -0.480 e. The molecule has 0 saturated carbocycles. The van der Waals surface area contributed by atoms with Gasteiger partial charge in [0, 0.05) is 0 Å². The predicted octanol–water partition coefficient (Wildman–Crippen LogP) is 1.11. The Hall–Kier alpha value is -1.01. The Morgan fingerprint density at radius 1 is 1.33 bits per heavy atom. The fraction of sp³-hybridized carbons (Fsp3) is 0.222. The molecule has 0 fully saturated rings. The Kier molecular flexibility index (Phi) is 3.41. The van der Waals surface area contributed by atoms with Gasteiger partial charge in [-0.05, 0) is 19.1 Å². The van der Waals surface area contributed by atoms with Gasteiger partial charge in [0.2, 0.25) is 14.4 Å². The Balaban J connectivity index is 3.17. The van der Waals surface area contributed by atoms with Gasteiger partial charge in [-0.2, -0.15) is 0 Å². The molecule has 0 aliphatic heterocycles. The summed E-state index contributed by atoms with van der Waals surface area (Å²) < 4.78 is 21.5. The Morgan fingerprint density at radius 2 is 1.80 bits per heavy atom. The van der Waals surface area contributed by atoms with Gasteiger partial charge in [-0.1, -0.05) is 17.7 Å². The summed E-state index contributed by atoms with van der Waals surface area (Å²) in [5.41, 5.74) is 0.903. The van der Waals surface area contributed by atoms with Gasteiger partial charge in [0.15, 0.2) is 0 Å². The molecule has 6 heteroatoms. The standard InChI is InChI=1S/C9H10O4S2/c1-6-2-4-7(5-3-6)15(12,13)9(14)8(10)11/h2-5,9,14H,1H3,(H,10,11)/t9-/m0/s1. The van der Waals surface area contributed by atoms with Crippen LogP contribution >= 0.6 is 12.6 Å². The third kappa shape index (κ3) is 2.51. The van der Waals surface area contributed by atoms with Crippen molar-refractivity contribution in [2.75, 3.05) is 0 Å². The molecule has 0 aromatic heterocycles. The van der Waals surface area contributed by atoms with Crippen LogP contribution in [-0.2, 0) is 14.6 Å². The highest BCUT2D eigenvalue weighted by molar-refractivity contribution is 8.06. The fourth-order valence-electron chi connectivity index (χ4n) is 0.990. The molecule has 0 unspecified atom stereocenters. The first-order valence-corrected chi connectivity index (χ1v) is 6.13. The van der Waals surface area contributed by atoms with Crippen LogP contribution in [0, 0.1) is 6.92 Å². The molecular weight excluding hydrogens is 236 g/mol. The average molecular weight is 246 g/mol. The fourth-order valence-corrected chi connectivity index (χ4v) is 2.39. The second kappa shape index (κ2) is 4.24. The third-order valence-electron chi connectivity index (χ3n) is 1.85. The van der Waals surface area contributed by atoms with E-state index in [4.69, 9.17) is 5.11 Å². The number of carbonyl (C=O) groups is 1. The zero-order valence-electron chi connectivity index (χ0n) is 7.91. The summed E-state index contributed by atoms with van der Waals surface area (Å²) in [6.07, 6.45) is 0. The van der Waals surface area contributed by atoms with Crippen LogP contribution in [0.4, 0.5) is 0 Å². The number of aryl methyl sites for hydroxylation is 1. The molecule has 0 aliphatic rings. The highest BCUT2D eigenvalue weighted by atomic mass is 32.2. The number of carboxylic acid groups (broad SMARTS) is 1. The molecule has 0 radical (unpaired) electrons. The first-order valence-electron chi connectivity index (χ1n) is 4.07. The topological polar surface area (TPSA) is 71.4 Å². The highest BCUT2D eigenvalue weighted by Gasteiger charge is 2.30. The number of aliphatic carboxylic acids is 1. The molecule has 0 spiro atoms. The van der Waals surface area contributed by atoms with Crippen molar-refractivity contribution >= 4 is 28.4 Å². The van der Waals surface area contributed by atoms with Crippen LogP contribution in [0.2, 0.25) is 0 Å². The summed E-state index contributed by atoms with van der Waals surface area (Å²) in [5.74, 6) is -1.47. The van der Waals surface area contributed by atoms with Gasteiger partial charge in [0.1, 0.15) is 0 Å². The van der Waals surface area contributed by atoms with E-state index in [1.807, 2.05) is 6.92 Å². The number of carboxylic acids is 1. The summed E-state index contributed by atoms with van der Waals surface area (Å²) in [6.45, 7) is 1.81. The second-order valence-corrected chi connectivity index (χ2v) is 5.95. The van der Waals surface area contributed by atoms with E-state index in [1.54, 1.807) is 12.1 Å². The lowest BCUT2D eigenvalue weighted by Crippen LogP contribution is -2.24. The van der Waals surface area contributed by atoms with Crippen LogP contribution in [0.25, 0.3) is 0 Å². The van der Waals surface area contributed by atoms with Crippen LogP contribution in [0.5, 0.6) is 0 Å². The average Bonchev–Trinajstić information content (AvgIpc) is 2.17. The van der Waals surface area contributed by atoms with Gasteiger partial charge in [-0.25, -0.2) is 13.2 Å². The van der Waals surface area contributed by atoms with Crippen molar-refractivity contribution in [2.24, 2.45) is 0 Å². The first kappa shape index (κ1) is 12.1. The van der Waals surface area contributed by atoms with Crippen molar-refractivity contribution in [3.05, 3.63) is 29.8 Å². The molecule has 1 aromatic rings. The predicted molar refractivity (Wildman–Crippen MR) is 58.8 cm³/mol. The van der Waals surface area contributed by atoms with E-state index in [9.17, 15) is 13.2 Å². The molecule has 82 valence electrons. The largest absolute Gasteiger partial charge is 0.480 e. The Labute approximate surface area is 93.3 Å². The highest BCUT2D eigenvalue weighted by Crippen LogP contribution is 2.19. The maximum Gasteiger partial charge on any atom is 0.332 e. The molecule has 0 heterocycles. The third-order valence-corrected chi connectivity index (χ3v) is 4.63. The number of hydrogen-bond acceptors (Lipinski definition) is 4. The maximum atomic E-state index is 11.6. The molecule has 0 bridgehead atoms. The molecule has 0 saturated heterocycles. The van der Waals surface area contributed by atoms with Gasteiger partial charge >= 0.3 is 5.97 Å². The van der Waals surface area contributed by atoms with E-state index >= 15 is 0 Å². The molecule has 1 rings (SSSR count). The molecular formula is C9H10O4S2. The van der Waals surface area contributed by atoms with Crippen molar-refractivity contribution < 1.29 is 18.3 Å². The molecule has 1 N–H and O–H groups in total. The van der Waals surface area contributed by atoms with E-state index < -0.39 is 20.4 Å². The van der Waals surface area contributed by atoms with Crippen molar-refractivity contribution in [1.82, 2.24) is 0 Å². The number of thiol groups is 1. The van der Waals surface area contributed by atoms with Gasteiger partial charge in [0.05, 0.1) is 4.90 Å². The molecule has 15 heavy (non-hydrogen) atoms. The lowest BCUT2D eigenvalue weighted by molar-refractivity contribution is -0.134. The first-order chi connectivity index (χ1) is 6.85. The quantitative estimate of drug-likeness (QED) is 0.784. The monoisotopic (exact) mass is 246 g/mol. The van der Waals surface area contributed by atoms with Crippen LogP contribution < -0.4 is 0 Å². The van der Waals surface area contributed by atoms with Crippen molar-refractivity contribution in [2.45, 2.75) is 16.4 Å². The molecule has 0 aliphatic carbocycles. The number of rotatable bonds is 3. The number of benzene rings is 1. The van der Waals surface area contributed by atoms with Crippen LogP contribution in [0.1, 0.15) is 5.56 Å². The molecule has 0 amide bonds. The van der Waals surface area contributed by atoms with Crippen LogP contribution in [0.15, 0.2) is 29.2 Å². The minimum atomic E-state index is -3.89. The normalized spacial score (nSPS) is 13.5. The van der Waals surface area contributed by atoms with E-state index in [0.717, 1.165) is 5.56 Å². The minimum absolute atomic E-state index is 0.0319. The van der Waals surface area contributed by atoms with E-state index in [-0.39, 0.29) is 4.90 Å². The Morgan fingerprint density at radius 3 is 2.20 bits per heavy atom. The molecule has 1 atom stereocenters. The van der Waals surface area contributed by atoms with E-state index in [0.29, 0.717) is 0 Å². The van der Waals surface area contributed by atoms with Gasteiger partial charge < -0.3 is 5.11 Å². The van der Waals surface area contributed by atoms with E-state index in [2.05, 4.69) is 12.6 Å². The second-order valence-electron chi connectivity index (χ2n) is 3.05. The van der Waals surface area contributed by atoms with Crippen molar-refractivity contribution in [3.63, 3.8) is 0 Å². The van der Waals surface area contributed by atoms with Crippen LogP contribution in [0.3, 0.4) is 0 Å². The SMILES string of the molecule is Cc1ccc(S(=O)(=O)[C@H](S)C(=O)O)cc1. The summed E-state index contributed by atoms with van der Waals surface area (Å²) in [7, 11) is -3.89. The van der Waals surface area contributed by atoms with Crippen molar-refractivity contribution in [3.8, 4) is 0 Å². The van der Waals surface area contributed by atoms with Crippen LogP contribution in [-0.4, -0.2) is 24.1 Å². The maximum absolute atomic E-state index is 11.6. The van der Waals surface area contributed by atoms with E-state index in [1.165, 1.54) is 12.1 Å². The lowest BCUT2D eigenvalue weighted by atomic mass is 10.2. The number of sulfone groups is 1. The summed E-state index contributed by atoms with van der Waals surface area (Å²) in [5, 5.41) is 8.58. The summed E-state index contributed by atoms with van der Waals surface area (Å²) in [6, 6.07) is 5.96. The zero-order valence-corrected chi connectivity index (χ0v) is 9.63. The van der Waals surface area contributed by atoms with Gasteiger partial charge in [-0.15, -0.1) is 12.6 Å². The van der Waals surface area contributed by atoms with Crippen molar-refractivity contribution in [1.29, 1.82) is 0 Å². The lowest BCUT2D eigenvalue weighted by Gasteiger charge is -2.07. The van der Waals surface area contributed by atoms with Gasteiger partial charge in [-0.3, -0.25) is 0 Å². The summed E-state index contributed by atoms with van der Waals surface area (Å²) >= 11 is 3.56. The molecule has 1 aromatic carbocycles. The Bertz CT molecular complexity index is 461. The smallest absolute Gasteiger partial charge is 0.332 e. The van der Waals surface area contributed by atoms with Gasteiger partial charge in [0.25, 0.3) is 0 Å².